The van der Waals surface area contributed by atoms with Crippen LogP contribution in [-0.2, 0) is 14.3 Å². The topological polar surface area (TPSA) is 84.5 Å². The molecule has 188 valence electrons. The van der Waals surface area contributed by atoms with E-state index in [4.69, 9.17) is 4.74 Å². The molecule has 0 aliphatic heterocycles. The second kappa shape index (κ2) is 14.1. The summed E-state index contributed by atoms with van der Waals surface area (Å²) in [6.45, 7) is 4.40. The normalized spacial score (nSPS) is 11.4. The molecule has 0 heterocycles. The van der Waals surface area contributed by atoms with Crippen LogP contribution in [0, 0.1) is 0 Å². The smallest absolute Gasteiger partial charge is 0.338 e. The van der Waals surface area contributed by atoms with E-state index in [1.807, 2.05) is 68.4 Å². The van der Waals surface area contributed by atoms with E-state index in [9.17, 15) is 14.4 Å². The van der Waals surface area contributed by atoms with E-state index in [0.717, 1.165) is 35.4 Å². The standard InChI is InChI=1S/C29H32N2O4S/c1-3-5-20-35-29(34)22-12-14-24(15-13-22)31-28(33)27(21-10-7-6-8-11-21)36-25-18-16-23(17-19-25)30-26(32)9-4-2/h6-8,10-19,27H,3-5,9,20H2,1-2H3,(H,30,32)(H,31,33). The summed E-state index contributed by atoms with van der Waals surface area (Å²) in [5, 5.41) is 5.34. The van der Waals surface area contributed by atoms with Gasteiger partial charge in [0, 0.05) is 22.7 Å². The minimum Gasteiger partial charge on any atom is -0.462 e. The first-order valence-corrected chi connectivity index (χ1v) is 13.1. The SMILES string of the molecule is CCCCOC(=O)c1ccc(NC(=O)C(Sc2ccc(NC(=O)CCC)cc2)c2ccccc2)cc1. The first-order chi connectivity index (χ1) is 17.5. The van der Waals surface area contributed by atoms with Crippen molar-refractivity contribution in [2.75, 3.05) is 17.2 Å². The molecular weight excluding hydrogens is 472 g/mol. The lowest BCUT2D eigenvalue weighted by Gasteiger charge is -2.17. The fourth-order valence-electron chi connectivity index (χ4n) is 3.39. The molecule has 1 atom stereocenters. The maximum Gasteiger partial charge on any atom is 0.338 e. The first-order valence-electron chi connectivity index (χ1n) is 12.2. The van der Waals surface area contributed by atoms with Crippen LogP contribution in [0.15, 0.2) is 83.8 Å². The fourth-order valence-corrected chi connectivity index (χ4v) is 4.42. The van der Waals surface area contributed by atoms with Crippen molar-refractivity contribution in [3.63, 3.8) is 0 Å². The molecule has 3 rings (SSSR count). The highest BCUT2D eigenvalue weighted by Gasteiger charge is 2.22. The maximum atomic E-state index is 13.3. The van der Waals surface area contributed by atoms with Crippen LogP contribution >= 0.6 is 11.8 Å². The molecule has 0 spiro atoms. The number of thioether (sulfide) groups is 1. The second-order valence-electron chi connectivity index (χ2n) is 8.29. The number of anilines is 2. The number of unbranched alkanes of at least 4 members (excludes halogenated alkanes) is 1. The lowest BCUT2D eigenvalue weighted by Crippen LogP contribution is -2.19. The molecule has 7 heteroatoms. The van der Waals surface area contributed by atoms with Gasteiger partial charge in [-0.2, -0.15) is 0 Å². The number of rotatable bonds is 12. The highest BCUT2D eigenvalue weighted by atomic mass is 32.2. The number of carbonyl (C=O) groups is 3. The van der Waals surface area contributed by atoms with Crippen LogP contribution in [0.3, 0.4) is 0 Å². The summed E-state index contributed by atoms with van der Waals surface area (Å²) in [7, 11) is 0. The predicted molar refractivity (Wildman–Crippen MR) is 145 cm³/mol. The molecule has 2 N–H and O–H groups in total. The van der Waals surface area contributed by atoms with Crippen LogP contribution < -0.4 is 10.6 Å². The van der Waals surface area contributed by atoms with Gasteiger partial charge in [-0.1, -0.05) is 50.6 Å². The lowest BCUT2D eigenvalue weighted by atomic mass is 10.1. The van der Waals surface area contributed by atoms with Gasteiger partial charge in [0.1, 0.15) is 5.25 Å². The zero-order valence-electron chi connectivity index (χ0n) is 20.7. The third-order valence-corrected chi connectivity index (χ3v) is 6.59. The van der Waals surface area contributed by atoms with Crippen molar-refractivity contribution >= 4 is 40.9 Å². The summed E-state index contributed by atoms with van der Waals surface area (Å²) in [5.41, 5.74) is 2.65. The van der Waals surface area contributed by atoms with E-state index in [1.165, 1.54) is 11.8 Å². The summed E-state index contributed by atoms with van der Waals surface area (Å²) in [6, 6.07) is 23.8. The molecule has 0 fully saturated rings. The van der Waals surface area contributed by atoms with Gasteiger partial charge in [0.2, 0.25) is 11.8 Å². The minimum absolute atomic E-state index is 0.0142. The molecule has 1 unspecified atom stereocenters. The average molecular weight is 505 g/mol. The van der Waals surface area contributed by atoms with Crippen molar-refractivity contribution in [3.05, 3.63) is 90.0 Å². The van der Waals surface area contributed by atoms with Crippen molar-refractivity contribution in [1.29, 1.82) is 0 Å². The Hall–Kier alpha value is -3.58. The summed E-state index contributed by atoms with van der Waals surface area (Å²) in [4.78, 5) is 38.2. The summed E-state index contributed by atoms with van der Waals surface area (Å²) >= 11 is 1.43. The van der Waals surface area contributed by atoms with Gasteiger partial charge in [0.15, 0.2) is 0 Å². The van der Waals surface area contributed by atoms with Crippen molar-refractivity contribution in [2.24, 2.45) is 0 Å². The van der Waals surface area contributed by atoms with Gasteiger partial charge in [-0.05, 0) is 66.9 Å². The summed E-state index contributed by atoms with van der Waals surface area (Å²) in [6.07, 6.45) is 3.06. The van der Waals surface area contributed by atoms with Gasteiger partial charge in [-0.25, -0.2) is 4.79 Å². The predicted octanol–water partition coefficient (Wildman–Crippen LogP) is 6.85. The zero-order valence-corrected chi connectivity index (χ0v) is 21.5. The van der Waals surface area contributed by atoms with Crippen LogP contribution in [0.1, 0.15) is 60.7 Å². The molecule has 0 bridgehead atoms. The van der Waals surface area contributed by atoms with Gasteiger partial charge < -0.3 is 15.4 Å². The van der Waals surface area contributed by atoms with E-state index >= 15 is 0 Å². The maximum absolute atomic E-state index is 13.3. The number of hydrogen-bond donors (Lipinski definition) is 2. The van der Waals surface area contributed by atoms with Crippen LogP contribution in [-0.4, -0.2) is 24.4 Å². The third kappa shape index (κ3) is 8.27. The highest BCUT2D eigenvalue weighted by molar-refractivity contribution is 8.00. The monoisotopic (exact) mass is 504 g/mol. The average Bonchev–Trinajstić information content (AvgIpc) is 2.89. The first kappa shape index (κ1) is 27.0. The van der Waals surface area contributed by atoms with Crippen LogP contribution in [0.2, 0.25) is 0 Å². The third-order valence-electron chi connectivity index (χ3n) is 5.33. The molecule has 0 saturated heterocycles. The van der Waals surface area contributed by atoms with E-state index in [1.54, 1.807) is 24.3 Å². The molecule has 3 aromatic rings. The van der Waals surface area contributed by atoms with E-state index in [-0.39, 0.29) is 17.8 Å². The van der Waals surface area contributed by atoms with Gasteiger partial charge in [-0.3, -0.25) is 9.59 Å². The zero-order chi connectivity index (χ0) is 25.8. The van der Waals surface area contributed by atoms with Crippen molar-refractivity contribution in [2.45, 2.75) is 49.7 Å². The molecular formula is C29H32N2O4S. The summed E-state index contributed by atoms with van der Waals surface area (Å²) < 4.78 is 5.24. The van der Waals surface area contributed by atoms with Gasteiger partial charge in [0.25, 0.3) is 0 Å². The number of benzene rings is 3. The number of carbonyl (C=O) groups excluding carboxylic acids is 3. The van der Waals surface area contributed by atoms with Gasteiger partial charge in [-0.15, -0.1) is 11.8 Å². The molecule has 3 aromatic carbocycles. The molecule has 36 heavy (non-hydrogen) atoms. The Balaban J connectivity index is 1.69. The number of amides is 2. The van der Waals surface area contributed by atoms with Crippen LogP contribution in [0.5, 0.6) is 0 Å². The quantitative estimate of drug-likeness (QED) is 0.160. The second-order valence-corrected chi connectivity index (χ2v) is 9.47. The van der Waals surface area contributed by atoms with Crippen molar-refractivity contribution in [3.8, 4) is 0 Å². The minimum atomic E-state index is -0.495. The van der Waals surface area contributed by atoms with Crippen molar-refractivity contribution in [1.82, 2.24) is 0 Å². The van der Waals surface area contributed by atoms with Crippen LogP contribution in [0.25, 0.3) is 0 Å². The highest BCUT2D eigenvalue weighted by Crippen LogP contribution is 2.36. The Morgan fingerprint density at radius 1 is 0.806 bits per heavy atom. The molecule has 0 saturated carbocycles. The van der Waals surface area contributed by atoms with Crippen LogP contribution in [0.4, 0.5) is 11.4 Å². The molecule has 2 amide bonds. The molecule has 0 aliphatic carbocycles. The Kier molecular flexibility index (Phi) is 10.6. The Morgan fingerprint density at radius 3 is 2.08 bits per heavy atom. The van der Waals surface area contributed by atoms with Gasteiger partial charge >= 0.3 is 5.97 Å². The fraction of sp³-hybridized carbons (Fsp3) is 0.276. The number of esters is 1. The lowest BCUT2D eigenvalue weighted by molar-refractivity contribution is -0.116. The van der Waals surface area contributed by atoms with E-state index in [2.05, 4.69) is 10.6 Å². The van der Waals surface area contributed by atoms with Gasteiger partial charge in [0.05, 0.1) is 12.2 Å². The van der Waals surface area contributed by atoms with E-state index < -0.39 is 5.25 Å². The number of hydrogen-bond acceptors (Lipinski definition) is 5. The number of ether oxygens (including phenoxy) is 1. The molecule has 6 nitrogen and oxygen atoms in total. The largest absolute Gasteiger partial charge is 0.462 e. The number of nitrogens with one attached hydrogen (secondary N) is 2. The summed E-state index contributed by atoms with van der Waals surface area (Å²) in [5.74, 6) is -0.558. The molecule has 0 aliphatic rings. The molecule has 0 aromatic heterocycles. The Morgan fingerprint density at radius 2 is 1.44 bits per heavy atom. The Labute approximate surface area is 216 Å². The molecule has 0 radical (unpaired) electrons. The Bertz CT molecular complexity index is 1130. The van der Waals surface area contributed by atoms with E-state index in [0.29, 0.717) is 24.3 Å². The van der Waals surface area contributed by atoms with Crippen molar-refractivity contribution < 1.29 is 19.1 Å².